The Bertz CT molecular complexity index is 361. The number of benzene rings is 1. The minimum Gasteiger partial charge on any atom is -0.508 e. The molecule has 0 unspecified atom stereocenters. The number of phenolic OH excluding ortho intramolecular Hbond substituents is 1. The van der Waals surface area contributed by atoms with Gasteiger partial charge in [0.05, 0.1) is 0 Å². The van der Waals surface area contributed by atoms with E-state index < -0.39 is 5.91 Å². The van der Waals surface area contributed by atoms with Crippen LogP contribution in [-0.4, -0.2) is 17.0 Å². The lowest BCUT2D eigenvalue weighted by atomic mass is 10.2. The molecule has 1 aromatic rings. The Balaban J connectivity index is 2.75. The molecular formula is C8H8ClN3O2. The van der Waals surface area contributed by atoms with Crippen LogP contribution < -0.4 is 11.1 Å². The van der Waals surface area contributed by atoms with Crippen molar-refractivity contribution in [1.82, 2.24) is 5.32 Å². The van der Waals surface area contributed by atoms with Crippen molar-refractivity contribution in [2.24, 2.45) is 10.2 Å². The fourth-order valence-electron chi connectivity index (χ4n) is 0.822. The van der Waals surface area contributed by atoms with Crippen LogP contribution in [-0.2, 0) is 0 Å². The molecule has 5 nitrogen and oxygen atoms in total. The smallest absolute Gasteiger partial charge is 0.257 e. The van der Waals surface area contributed by atoms with E-state index in [1.54, 1.807) is 0 Å². The third-order valence-corrected chi connectivity index (χ3v) is 1.64. The SMILES string of the molecule is NC(=NCl)NC(=O)c1ccc(O)cc1. The third-order valence-electron chi connectivity index (χ3n) is 1.46. The second-order valence-electron chi connectivity index (χ2n) is 2.47. The van der Waals surface area contributed by atoms with Gasteiger partial charge in [-0.1, -0.05) is 0 Å². The van der Waals surface area contributed by atoms with Gasteiger partial charge in [-0.3, -0.25) is 10.1 Å². The van der Waals surface area contributed by atoms with Gasteiger partial charge in [0.2, 0.25) is 5.96 Å². The van der Waals surface area contributed by atoms with Crippen molar-refractivity contribution in [1.29, 1.82) is 0 Å². The molecule has 1 aromatic carbocycles. The number of nitrogens with two attached hydrogens (primary N) is 1. The first-order valence-corrected chi connectivity index (χ1v) is 4.02. The van der Waals surface area contributed by atoms with E-state index in [0.717, 1.165) is 0 Å². The number of halogens is 1. The molecule has 4 N–H and O–H groups in total. The van der Waals surface area contributed by atoms with Gasteiger partial charge in [0.15, 0.2) is 0 Å². The third kappa shape index (κ3) is 2.63. The van der Waals surface area contributed by atoms with E-state index in [4.69, 9.17) is 22.6 Å². The summed E-state index contributed by atoms with van der Waals surface area (Å²) >= 11 is 5.02. The van der Waals surface area contributed by atoms with Gasteiger partial charge >= 0.3 is 0 Å². The average molecular weight is 214 g/mol. The maximum atomic E-state index is 11.3. The lowest BCUT2D eigenvalue weighted by Gasteiger charge is -2.02. The number of guanidine groups is 1. The predicted octanol–water partition coefficient (Wildman–Crippen LogP) is 0.591. The van der Waals surface area contributed by atoms with Crippen molar-refractivity contribution in [2.75, 3.05) is 0 Å². The van der Waals surface area contributed by atoms with Crippen molar-refractivity contribution < 1.29 is 9.90 Å². The Hall–Kier alpha value is -1.75. The van der Waals surface area contributed by atoms with Crippen LogP contribution in [0.25, 0.3) is 0 Å². The van der Waals surface area contributed by atoms with E-state index >= 15 is 0 Å². The highest BCUT2D eigenvalue weighted by molar-refractivity contribution is 6.21. The van der Waals surface area contributed by atoms with E-state index in [9.17, 15) is 4.79 Å². The summed E-state index contributed by atoms with van der Waals surface area (Å²) in [5.74, 6) is -0.530. The molecule has 0 heterocycles. The van der Waals surface area contributed by atoms with E-state index in [2.05, 4.69) is 9.83 Å². The van der Waals surface area contributed by atoms with Gasteiger partial charge in [-0.15, -0.1) is 4.51 Å². The highest BCUT2D eigenvalue weighted by Gasteiger charge is 2.05. The fraction of sp³-hybridized carbons (Fsp3) is 0. The van der Waals surface area contributed by atoms with Gasteiger partial charge in [-0.2, -0.15) is 0 Å². The number of rotatable bonds is 1. The number of nitrogens with one attached hydrogen (secondary N) is 1. The maximum Gasteiger partial charge on any atom is 0.257 e. The summed E-state index contributed by atoms with van der Waals surface area (Å²) in [4.78, 5) is 11.3. The van der Waals surface area contributed by atoms with Crippen LogP contribution in [0.1, 0.15) is 10.4 Å². The second kappa shape index (κ2) is 4.48. The van der Waals surface area contributed by atoms with Gasteiger partial charge in [0.25, 0.3) is 5.91 Å². The van der Waals surface area contributed by atoms with Crippen molar-refractivity contribution in [3.8, 4) is 5.75 Å². The Kier molecular flexibility index (Phi) is 3.30. The van der Waals surface area contributed by atoms with E-state index in [-0.39, 0.29) is 11.7 Å². The molecule has 0 radical (unpaired) electrons. The molecule has 0 spiro atoms. The van der Waals surface area contributed by atoms with Gasteiger partial charge in [0.1, 0.15) is 5.75 Å². The average Bonchev–Trinajstić information content (AvgIpc) is 2.18. The first-order valence-electron chi connectivity index (χ1n) is 3.68. The summed E-state index contributed by atoms with van der Waals surface area (Å²) in [5.41, 5.74) is 5.53. The molecule has 0 aromatic heterocycles. The van der Waals surface area contributed by atoms with Crippen molar-refractivity contribution in [3.63, 3.8) is 0 Å². The van der Waals surface area contributed by atoms with E-state index in [0.29, 0.717) is 5.56 Å². The van der Waals surface area contributed by atoms with Crippen LogP contribution in [0.15, 0.2) is 28.8 Å². The standard InChI is InChI=1S/C8H8ClN3O2/c9-12-8(10)11-7(14)5-1-3-6(13)4-2-5/h1-4,13H,(H3,10,11,12,14). The zero-order valence-corrected chi connectivity index (χ0v) is 7.82. The quantitative estimate of drug-likeness (QED) is 0.471. The van der Waals surface area contributed by atoms with Crippen molar-refractivity contribution >= 4 is 23.6 Å². The van der Waals surface area contributed by atoms with Crippen LogP contribution in [0.5, 0.6) is 5.75 Å². The van der Waals surface area contributed by atoms with Gasteiger partial charge in [0, 0.05) is 17.3 Å². The summed E-state index contributed by atoms with van der Waals surface area (Å²) < 4.78 is 3.06. The Morgan fingerprint density at radius 1 is 1.43 bits per heavy atom. The zero-order chi connectivity index (χ0) is 10.6. The molecule has 1 amide bonds. The van der Waals surface area contributed by atoms with E-state index in [1.807, 2.05) is 0 Å². The molecule has 0 aliphatic rings. The monoisotopic (exact) mass is 213 g/mol. The number of carbonyl (C=O) groups is 1. The highest BCUT2D eigenvalue weighted by Crippen LogP contribution is 2.09. The number of hydrogen-bond acceptors (Lipinski definition) is 3. The topological polar surface area (TPSA) is 87.7 Å². The van der Waals surface area contributed by atoms with Crippen LogP contribution in [0.3, 0.4) is 0 Å². The summed E-state index contributed by atoms with van der Waals surface area (Å²) in [6.07, 6.45) is 0. The second-order valence-corrected chi connectivity index (χ2v) is 2.64. The van der Waals surface area contributed by atoms with Crippen molar-refractivity contribution in [3.05, 3.63) is 29.8 Å². The van der Waals surface area contributed by atoms with Crippen LogP contribution in [0.4, 0.5) is 0 Å². The molecule has 74 valence electrons. The molecule has 0 fully saturated rings. The van der Waals surface area contributed by atoms with Crippen LogP contribution >= 0.6 is 11.8 Å². The number of hydrogen-bond donors (Lipinski definition) is 3. The van der Waals surface area contributed by atoms with Gasteiger partial charge in [-0.05, 0) is 24.3 Å². The molecule has 0 saturated heterocycles. The lowest BCUT2D eigenvalue weighted by Crippen LogP contribution is -2.36. The molecule has 0 aliphatic carbocycles. The first kappa shape index (κ1) is 10.3. The predicted molar refractivity (Wildman–Crippen MR) is 53.0 cm³/mol. The number of aromatic hydroxyl groups is 1. The summed E-state index contributed by atoms with van der Waals surface area (Å²) in [7, 11) is 0. The minimum atomic E-state index is -0.438. The molecule has 6 heteroatoms. The lowest BCUT2D eigenvalue weighted by molar-refractivity contribution is 0.0977. The Labute approximate surface area is 85.3 Å². The number of phenols is 1. The van der Waals surface area contributed by atoms with Crippen LogP contribution in [0, 0.1) is 0 Å². The minimum absolute atomic E-state index is 0.0838. The van der Waals surface area contributed by atoms with Gasteiger partial charge in [-0.25, -0.2) is 0 Å². The number of carbonyl (C=O) groups excluding carboxylic acids is 1. The molecule has 0 saturated carbocycles. The molecule has 1 rings (SSSR count). The number of amides is 1. The zero-order valence-electron chi connectivity index (χ0n) is 7.07. The van der Waals surface area contributed by atoms with E-state index in [1.165, 1.54) is 24.3 Å². The highest BCUT2D eigenvalue weighted by atomic mass is 35.5. The largest absolute Gasteiger partial charge is 0.508 e. The maximum absolute atomic E-state index is 11.3. The number of nitrogens with zero attached hydrogens (tertiary/aromatic N) is 1. The molecule has 0 aliphatic heterocycles. The van der Waals surface area contributed by atoms with Crippen LogP contribution in [0.2, 0.25) is 0 Å². The van der Waals surface area contributed by atoms with Crippen molar-refractivity contribution in [2.45, 2.75) is 0 Å². The molecule has 0 bridgehead atoms. The Morgan fingerprint density at radius 3 is 2.50 bits per heavy atom. The fourth-order valence-corrected chi connectivity index (χ4v) is 0.865. The first-order chi connectivity index (χ1) is 6.63. The molecule has 14 heavy (non-hydrogen) atoms. The summed E-state index contributed by atoms with van der Waals surface area (Å²) in [5, 5.41) is 11.2. The Morgan fingerprint density at radius 2 is 2.00 bits per heavy atom. The normalized spacial score (nSPS) is 11.1. The summed E-state index contributed by atoms with van der Waals surface area (Å²) in [6, 6.07) is 5.68. The molecule has 0 atom stereocenters. The van der Waals surface area contributed by atoms with Gasteiger partial charge < -0.3 is 10.8 Å². The summed E-state index contributed by atoms with van der Waals surface area (Å²) in [6.45, 7) is 0. The molecular weight excluding hydrogens is 206 g/mol.